The molecule has 7 heteroatoms. The Labute approximate surface area is 152 Å². The summed E-state index contributed by atoms with van der Waals surface area (Å²) >= 11 is 0. The lowest BCUT2D eigenvalue weighted by atomic mass is 10.1. The van der Waals surface area contributed by atoms with Crippen LogP contribution in [-0.4, -0.2) is 46.9 Å². The van der Waals surface area contributed by atoms with Gasteiger partial charge in [0.1, 0.15) is 6.04 Å². The predicted molar refractivity (Wildman–Crippen MR) is 98.5 cm³/mol. The molecule has 4 amide bonds. The van der Waals surface area contributed by atoms with Crippen molar-refractivity contribution in [3.63, 3.8) is 0 Å². The number of nitrogens with one attached hydrogen (secondary N) is 3. The number of para-hydroxylation sites is 1. The first-order valence-corrected chi connectivity index (χ1v) is 8.89. The van der Waals surface area contributed by atoms with Crippen LogP contribution in [0.4, 0.5) is 4.79 Å². The lowest BCUT2D eigenvalue weighted by Crippen LogP contribution is -2.37. The number of hydrogen-bond donors (Lipinski definition) is 3. The lowest BCUT2D eigenvalue weighted by Gasteiger charge is -2.13. The molecule has 0 unspecified atom stereocenters. The van der Waals surface area contributed by atoms with Crippen molar-refractivity contribution in [3.05, 3.63) is 36.0 Å². The zero-order chi connectivity index (χ0) is 18.7. The Morgan fingerprint density at radius 3 is 2.81 bits per heavy atom. The molecule has 1 aliphatic heterocycles. The number of aromatic amines is 1. The van der Waals surface area contributed by atoms with Crippen molar-refractivity contribution >= 4 is 28.7 Å². The number of fused-ring (bicyclic) bond motifs is 1. The van der Waals surface area contributed by atoms with Crippen LogP contribution in [0.5, 0.6) is 0 Å². The summed E-state index contributed by atoms with van der Waals surface area (Å²) in [5, 5.41) is 6.46. The number of hydrogen-bond acceptors (Lipinski definition) is 3. The van der Waals surface area contributed by atoms with Crippen molar-refractivity contribution in [2.45, 2.75) is 32.7 Å². The van der Waals surface area contributed by atoms with E-state index < -0.39 is 12.1 Å². The first kappa shape index (κ1) is 18.0. The van der Waals surface area contributed by atoms with E-state index in [1.54, 1.807) is 0 Å². The highest BCUT2D eigenvalue weighted by Crippen LogP contribution is 2.19. The van der Waals surface area contributed by atoms with Crippen LogP contribution in [0.15, 0.2) is 30.5 Å². The van der Waals surface area contributed by atoms with E-state index in [1.165, 1.54) is 4.90 Å². The SMILES string of the molecule is CC(C)CNC(=O)C[C@@H]1NC(=O)N(CCc2c[nH]c3ccccc23)C1=O. The van der Waals surface area contributed by atoms with Gasteiger partial charge in [-0.3, -0.25) is 14.5 Å². The number of urea groups is 1. The summed E-state index contributed by atoms with van der Waals surface area (Å²) in [6.07, 6.45) is 2.44. The molecule has 0 spiro atoms. The minimum absolute atomic E-state index is 0.0269. The second kappa shape index (κ2) is 7.59. The maximum atomic E-state index is 12.5. The smallest absolute Gasteiger partial charge is 0.324 e. The number of carbonyl (C=O) groups is 3. The average molecular weight is 356 g/mol. The van der Waals surface area contributed by atoms with Crippen molar-refractivity contribution in [3.8, 4) is 0 Å². The molecular formula is C19H24N4O3. The van der Waals surface area contributed by atoms with Crippen LogP contribution in [-0.2, 0) is 16.0 Å². The van der Waals surface area contributed by atoms with Gasteiger partial charge in [-0.15, -0.1) is 0 Å². The summed E-state index contributed by atoms with van der Waals surface area (Å²) in [6.45, 7) is 4.83. The Bertz CT molecular complexity index is 827. The fourth-order valence-corrected chi connectivity index (χ4v) is 3.07. The highest BCUT2D eigenvalue weighted by molar-refractivity contribution is 6.05. The van der Waals surface area contributed by atoms with Crippen LogP contribution in [0.3, 0.4) is 0 Å². The molecule has 7 nitrogen and oxygen atoms in total. The number of amides is 4. The fraction of sp³-hybridized carbons (Fsp3) is 0.421. The molecule has 2 aromatic rings. The van der Waals surface area contributed by atoms with E-state index in [4.69, 9.17) is 0 Å². The molecule has 1 aromatic carbocycles. The van der Waals surface area contributed by atoms with Gasteiger partial charge >= 0.3 is 6.03 Å². The minimum Gasteiger partial charge on any atom is -0.361 e. The lowest BCUT2D eigenvalue weighted by molar-refractivity contribution is -0.130. The molecule has 26 heavy (non-hydrogen) atoms. The quantitative estimate of drug-likeness (QED) is 0.660. The van der Waals surface area contributed by atoms with Gasteiger partial charge in [0.15, 0.2) is 0 Å². The van der Waals surface area contributed by atoms with E-state index in [-0.39, 0.29) is 24.8 Å². The van der Waals surface area contributed by atoms with Crippen molar-refractivity contribution in [1.82, 2.24) is 20.5 Å². The van der Waals surface area contributed by atoms with Crippen LogP contribution >= 0.6 is 0 Å². The van der Waals surface area contributed by atoms with Gasteiger partial charge in [0, 0.05) is 30.2 Å². The maximum Gasteiger partial charge on any atom is 0.324 e. The van der Waals surface area contributed by atoms with Gasteiger partial charge in [-0.25, -0.2) is 4.79 Å². The molecule has 3 rings (SSSR count). The number of rotatable bonds is 7. The zero-order valence-electron chi connectivity index (χ0n) is 15.0. The summed E-state index contributed by atoms with van der Waals surface area (Å²) < 4.78 is 0. The third-order valence-corrected chi connectivity index (χ3v) is 4.48. The van der Waals surface area contributed by atoms with Crippen molar-refractivity contribution in [2.24, 2.45) is 5.92 Å². The number of imide groups is 1. The summed E-state index contributed by atoms with van der Waals surface area (Å²) in [7, 11) is 0. The largest absolute Gasteiger partial charge is 0.361 e. The van der Waals surface area contributed by atoms with E-state index in [2.05, 4.69) is 15.6 Å². The normalized spacial score (nSPS) is 17.2. The maximum absolute atomic E-state index is 12.5. The monoisotopic (exact) mass is 356 g/mol. The molecule has 0 radical (unpaired) electrons. The van der Waals surface area contributed by atoms with Crippen molar-refractivity contribution in [1.29, 1.82) is 0 Å². The molecule has 138 valence electrons. The third-order valence-electron chi connectivity index (χ3n) is 4.48. The highest BCUT2D eigenvalue weighted by Gasteiger charge is 2.38. The molecular weight excluding hydrogens is 332 g/mol. The van der Waals surface area contributed by atoms with Crippen molar-refractivity contribution in [2.75, 3.05) is 13.1 Å². The molecule has 1 aromatic heterocycles. The second-order valence-electron chi connectivity index (χ2n) is 7.00. The van der Waals surface area contributed by atoms with E-state index in [1.807, 2.05) is 44.3 Å². The first-order valence-electron chi connectivity index (χ1n) is 8.89. The van der Waals surface area contributed by atoms with Gasteiger partial charge < -0.3 is 15.6 Å². The molecule has 0 saturated carbocycles. The Hall–Kier alpha value is -2.83. The van der Waals surface area contributed by atoms with Crippen LogP contribution in [0.1, 0.15) is 25.8 Å². The molecule has 1 fully saturated rings. The van der Waals surface area contributed by atoms with Gasteiger partial charge in [0.2, 0.25) is 5.91 Å². The van der Waals surface area contributed by atoms with Gasteiger partial charge in [0.05, 0.1) is 6.42 Å². The highest BCUT2D eigenvalue weighted by atomic mass is 16.2. The van der Waals surface area contributed by atoms with E-state index >= 15 is 0 Å². The standard InChI is InChI=1S/C19H24N4O3/c1-12(2)10-21-17(24)9-16-18(25)23(19(26)22-16)8-7-13-11-20-15-6-4-3-5-14(13)15/h3-6,11-12,16,20H,7-10H2,1-2H3,(H,21,24)(H,22,26)/t16-/m0/s1. The number of carbonyl (C=O) groups excluding carboxylic acids is 3. The summed E-state index contributed by atoms with van der Waals surface area (Å²) in [5.41, 5.74) is 2.08. The minimum atomic E-state index is -0.780. The molecule has 0 aliphatic carbocycles. The summed E-state index contributed by atoms with van der Waals surface area (Å²) in [6, 6.07) is 6.69. The van der Waals surface area contributed by atoms with E-state index in [9.17, 15) is 14.4 Å². The Balaban J connectivity index is 1.58. The van der Waals surface area contributed by atoms with Crippen LogP contribution in [0.25, 0.3) is 10.9 Å². The molecule has 0 bridgehead atoms. The van der Waals surface area contributed by atoms with E-state index in [0.29, 0.717) is 18.9 Å². The fourth-order valence-electron chi connectivity index (χ4n) is 3.07. The Morgan fingerprint density at radius 1 is 1.27 bits per heavy atom. The van der Waals surface area contributed by atoms with Gasteiger partial charge in [-0.2, -0.15) is 0 Å². The molecule has 3 N–H and O–H groups in total. The average Bonchev–Trinajstić information content (AvgIpc) is 3.13. The topological polar surface area (TPSA) is 94.3 Å². The first-order chi connectivity index (χ1) is 12.5. The van der Waals surface area contributed by atoms with Gasteiger partial charge in [-0.1, -0.05) is 32.0 Å². The molecule has 1 saturated heterocycles. The second-order valence-corrected chi connectivity index (χ2v) is 7.00. The van der Waals surface area contributed by atoms with Crippen LogP contribution in [0, 0.1) is 5.92 Å². The third kappa shape index (κ3) is 3.87. The number of nitrogens with zero attached hydrogens (tertiary/aromatic N) is 1. The number of benzene rings is 1. The Morgan fingerprint density at radius 2 is 2.04 bits per heavy atom. The molecule has 2 heterocycles. The Kier molecular flexibility index (Phi) is 5.25. The van der Waals surface area contributed by atoms with Gasteiger partial charge in [-0.05, 0) is 24.0 Å². The summed E-state index contributed by atoms with van der Waals surface area (Å²) in [4.78, 5) is 40.9. The van der Waals surface area contributed by atoms with Gasteiger partial charge in [0.25, 0.3) is 5.91 Å². The zero-order valence-corrected chi connectivity index (χ0v) is 15.0. The summed E-state index contributed by atoms with van der Waals surface area (Å²) in [5.74, 6) is -0.231. The number of aromatic nitrogens is 1. The molecule has 1 atom stereocenters. The predicted octanol–water partition coefficient (Wildman–Crippen LogP) is 1.79. The number of H-pyrrole nitrogens is 1. The van der Waals surface area contributed by atoms with E-state index in [0.717, 1.165) is 16.5 Å². The van der Waals surface area contributed by atoms with Crippen molar-refractivity contribution < 1.29 is 14.4 Å². The van der Waals surface area contributed by atoms with Crippen LogP contribution in [0.2, 0.25) is 0 Å². The molecule has 1 aliphatic rings. The van der Waals surface area contributed by atoms with Crippen LogP contribution < -0.4 is 10.6 Å².